The van der Waals surface area contributed by atoms with Gasteiger partial charge in [-0.3, -0.25) is 0 Å². The molecule has 2 heterocycles. The number of aromatic amines is 1. The Morgan fingerprint density at radius 3 is 2.75 bits per heavy atom. The molecule has 0 saturated heterocycles. The number of nitrogens with one attached hydrogen (secondary N) is 1. The molecular formula is C13H10N2Se. The minimum absolute atomic E-state index is 0.350. The van der Waals surface area contributed by atoms with Gasteiger partial charge in [-0.2, -0.15) is 0 Å². The average Bonchev–Trinajstić information content (AvgIpc) is 2.74. The molecule has 16 heavy (non-hydrogen) atoms. The van der Waals surface area contributed by atoms with Gasteiger partial charge in [0.15, 0.2) is 0 Å². The third-order valence-electron chi connectivity index (χ3n) is 2.38. The van der Waals surface area contributed by atoms with E-state index >= 15 is 0 Å². The standard InChI is InChI=1S/C13H10N2Se/c1-2-5-10(6-3-1)16-12-9-15-13-11(12)7-4-8-14-13/h1-9H,(H,14,15). The summed E-state index contributed by atoms with van der Waals surface area (Å²) in [6, 6.07) is 14.7. The number of benzene rings is 1. The summed E-state index contributed by atoms with van der Waals surface area (Å²) in [7, 11) is 0. The maximum absolute atomic E-state index is 4.30. The Morgan fingerprint density at radius 1 is 1.00 bits per heavy atom. The van der Waals surface area contributed by atoms with E-state index in [0.29, 0.717) is 15.0 Å². The zero-order chi connectivity index (χ0) is 10.8. The van der Waals surface area contributed by atoms with Crippen LogP contribution in [-0.2, 0) is 0 Å². The van der Waals surface area contributed by atoms with Crippen molar-refractivity contribution in [1.82, 2.24) is 9.97 Å². The van der Waals surface area contributed by atoms with Gasteiger partial charge in [0.1, 0.15) is 0 Å². The second-order valence-electron chi connectivity index (χ2n) is 3.47. The Balaban J connectivity index is 2.01. The number of hydrogen-bond acceptors (Lipinski definition) is 1. The van der Waals surface area contributed by atoms with Crippen LogP contribution >= 0.6 is 0 Å². The third-order valence-corrected chi connectivity index (χ3v) is 4.62. The van der Waals surface area contributed by atoms with E-state index in [4.69, 9.17) is 0 Å². The molecule has 78 valence electrons. The van der Waals surface area contributed by atoms with Crippen LogP contribution in [0.5, 0.6) is 0 Å². The fraction of sp³-hybridized carbons (Fsp3) is 0. The first-order valence-corrected chi connectivity index (χ1v) is 6.80. The van der Waals surface area contributed by atoms with Crippen molar-refractivity contribution < 1.29 is 0 Å². The van der Waals surface area contributed by atoms with Crippen molar-refractivity contribution in [3.63, 3.8) is 0 Å². The molecule has 0 atom stereocenters. The van der Waals surface area contributed by atoms with Gasteiger partial charge in [-0.1, -0.05) is 0 Å². The summed E-state index contributed by atoms with van der Waals surface area (Å²) in [5.41, 5.74) is 0.982. The Bertz CT molecular complexity index is 601. The molecule has 0 radical (unpaired) electrons. The van der Waals surface area contributed by atoms with E-state index in [1.54, 1.807) is 0 Å². The van der Waals surface area contributed by atoms with Gasteiger partial charge in [0.25, 0.3) is 0 Å². The summed E-state index contributed by atoms with van der Waals surface area (Å²) in [5, 5.41) is 1.24. The fourth-order valence-corrected chi connectivity index (χ4v) is 3.60. The topological polar surface area (TPSA) is 28.7 Å². The summed E-state index contributed by atoms with van der Waals surface area (Å²) in [4.78, 5) is 7.51. The predicted molar refractivity (Wildman–Crippen MR) is 67.6 cm³/mol. The number of nitrogens with zero attached hydrogens (tertiary/aromatic N) is 1. The van der Waals surface area contributed by atoms with E-state index in [0.717, 1.165) is 5.65 Å². The molecule has 0 unspecified atom stereocenters. The van der Waals surface area contributed by atoms with Crippen LogP contribution in [0.1, 0.15) is 0 Å². The monoisotopic (exact) mass is 274 g/mol. The summed E-state index contributed by atoms with van der Waals surface area (Å²) in [5.74, 6) is 0. The molecule has 0 amide bonds. The summed E-state index contributed by atoms with van der Waals surface area (Å²) in [6.07, 6.45) is 3.89. The molecule has 1 N–H and O–H groups in total. The molecule has 0 aliphatic rings. The van der Waals surface area contributed by atoms with E-state index in [1.807, 2.05) is 12.3 Å². The molecule has 1 aromatic carbocycles. The third kappa shape index (κ3) is 1.75. The maximum atomic E-state index is 4.30. The van der Waals surface area contributed by atoms with E-state index in [1.165, 1.54) is 14.3 Å². The van der Waals surface area contributed by atoms with Crippen molar-refractivity contribution in [3.8, 4) is 0 Å². The first kappa shape index (κ1) is 9.64. The average molecular weight is 273 g/mol. The molecular weight excluding hydrogens is 263 g/mol. The van der Waals surface area contributed by atoms with E-state index in [-0.39, 0.29) is 0 Å². The van der Waals surface area contributed by atoms with Crippen LogP contribution in [0.3, 0.4) is 0 Å². The van der Waals surface area contributed by atoms with Gasteiger partial charge in [-0.15, -0.1) is 0 Å². The van der Waals surface area contributed by atoms with Crippen LogP contribution in [0.15, 0.2) is 54.9 Å². The van der Waals surface area contributed by atoms with Crippen LogP contribution < -0.4 is 8.92 Å². The van der Waals surface area contributed by atoms with Gasteiger partial charge in [-0.25, -0.2) is 0 Å². The van der Waals surface area contributed by atoms with Crippen molar-refractivity contribution in [2.75, 3.05) is 0 Å². The number of rotatable bonds is 2. The van der Waals surface area contributed by atoms with Crippen LogP contribution in [0.4, 0.5) is 0 Å². The van der Waals surface area contributed by atoms with Crippen LogP contribution in [0, 0.1) is 0 Å². The molecule has 0 bridgehead atoms. The molecule has 0 spiro atoms. The zero-order valence-corrected chi connectivity index (χ0v) is 10.3. The Morgan fingerprint density at radius 2 is 1.88 bits per heavy atom. The van der Waals surface area contributed by atoms with Crippen molar-refractivity contribution in [2.24, 2.45) is 0 Å². The fourth-order valence-electron chi connectivity index (χ4n) is 1.63. The Kier molecular flexibility index (Phi) is 2.49. The van der Waals surface area contributed by atoms with E-state index in [2.05, 4.69) is 52.6 Å². The molecule has 3 rings (SSSR count). The zero-order valence-electron chi connectivity index (χ0n) is 8.55. The number of pyridine rings is 1. The molecule has 3 aromatic rings. The number of hydrogen-bond donors (Lipinski definition) is 1. The summed E-state index contributed by atoms with van der Waals surface area (Å²) < 4.78 is 2.75. The van der Waals surface area contributed by atoms with Gasteiger partial charge in [0, 0.05) is 0 Å². The molecule has 0 fully saturated rings. The Labute approximate surface area is 99.9 Å². The first-order valence-electron chi connectivity index (χ1n) is 5.08. The predicted octanol–water partition coefficient (Wildman–Crippen LogP) is 1.22. The second-order valence-corrected chi connectivity index (χ2v) is 5.81. The summed E-state index contributed by atoms with van der Waals surface area (Å²) in [6.45, 7) is 0. The molecule has 0 aliphatic carbocycles. The van der Waals surface area contributed by atoms with E-state index < -0.39 is 0 Å². The quantitative estimate of drug-likeness (QED) is 0.699. The summed E-state index contributed by atoms with van der Waals surface area (Å²) >= 11 is 0.350. The second kappa shape index (κ2) is 4.12. The first-order chi connectivity index (χ1) is 7.93. The van der Waals surface area contributed by atoms with Crippen LogP contribution in [-0.4, -0.2) is 24.9 Å². The Hall–Kier alpha value is -1.57. The van der Waals surface area contributed by atoms with Gasteiger partial charge in [0.05, 0.1) is 0 Å². The molecule has 0 aliphatic heterocycles. The number of aromatic nitrogens is 2. The van der Waals surface area contributed by atoms with Gasteiger partial charge in [-0.05, 0) is 0 Å². The minimum atomic E-state index is 0.350. The van der Waals surface area contributed by atoms with Gasteiger partial charge >= 0.3 is 99.7 Å². The number of H-pyrrole nitrogens is 1. The number of fused-ring (bicyclic) bond motifs is 1. The van der Waals surface area contributed by atoms with Crippen molar-refractivity contribution in [2.45, 2.75) is 0 Å². The van der Waals surface area contributed by atoms with Crippen LogP contribution in [0.2, 0.25) is 0 Å². The van der Waals surface area contributed by atoms with Crippen LogP contribution in [0.25, 0.3) is 11.0 Å². The molecule has 3 heteroatoms. The van der Waals surface area contributed by atoms with Gasteiger partial charge < -0.3 is 0 Å². The van der Waals surface area contributed by atoms with Crippen molar-refractivity contribution in [3.05, 3.63) is 54.9 Å². The SMILES string of the molecule is c1ccc([Se]c2c[nH]c3ncccc23)cc1. The van der Waals surface area contributed by atoms with Crippen molar-refractivity contribution in [1.29, 1.82) is 0 Å². The molecule has 0 saturated carbocycles. The molecule has 2 aromatic heterocycles. The normalized spacial score (nSPS) is 10.8. The van der Waals surface area contributed by atoms with E-state index in [9.17, 15) is 0 Å². The van der Waals surface area contributed by atoms with Gasteiger partial charge in [0.2, 0.25) is 0 Å². The van der Waals surface area contributed by atoms with Crippen molar-refractivity contribution >= 4 is 34.9 Å². The molecule has 2 nitrogen and oxygen atoms in total.